The zero-order valence-electron chi connectivity index (χ0n) is 27.1. The third-order valence-electron chi connectivity index (χ3n) is 9.94. The molecule has 0 amide bonds. The minimum atomic E-state index is 0.0718. The second-order valence-corrected chi connectivity index (χ2v) is 14.0. The van der Waals surface area contributed by atoms with Crippen LogP contribution in [0.2, 0.25) is 0 Å². The number of nitrogens with zero attached hydrogens (tertiary/aromatic N) is 3. The second kappa shape index (κ2) is 10.5. The minimum absolute atomic E-state index is 0.0718. The highest BCUT2D eigenvalue weighted by Crippen LogP contribution is 2.47. The molecule has 0 spiro atoms. The molecule has 0 fully saturated rings. The SMILES string of the molecule is Cc1cc2c(cc1-c1nc(-c3cccc(-c4ccccc4)c3)nc(-c3ccc4c(c3)oc3ccccc34)n1)C(C)(C)CCC2(C)C. The molecule has 0 saturated carbocycles. The molecule has 0 saturated heterocycles. The van der Waals surface area contributed by atoms with Crippen LogP contribution in [0.25, 0.3) is 67.2 Å². The van der Waals surface area contributed by atoms with Crippen molar-refractivity contribution in [3.63, 3.8) is 0 Å². The summed E-state index contributed by atoms with van der Waals surface area (Å²) in [6.45, 7) is 11.7. The Bertz CT molecular complexity index is 2280. The van der Waals surface area contributed by atoms with Crippen LogP contribution in [-0.4, -0.2) is 15.0 Å². The Kier molecular flexibility index (Phi) is 6.47. The summed E-state index contributed by atoms with van der Waals surface area (Å²) in [6, 6.07) is 38.1. The smallest absolute Gasteiger partial charge is 0.164 e. The Balaban J connectivity index is 1.34. The average molecular weight is 600 g/mol. The van der Waals surface area contributed by atoms with Crippen LogP contribution in [0, 0.1) is 6.92 Å². The Labute approximate surface area is 270 Å². The fourth-order valence-electron chi connectivity index (χ4n) is 7.05. The predicted octanol–water partition coefficient (Wildman–Crippen LogP) is 11.1. The van der Waals surface area contributed by atoms with E-state index < -0.39 is 0 Å². The van der Waals surface area contributed by atoms with Crippen LogP contribution in [0.1, 0.15) is 57.2 Å². The number of aryl methyl sites for hydroxylation is 1. The number of rotatable bonds is 4. The quantitative estimate of drug-likeness (QED) is 0.202. The van der Waals surface area contributed by atoms with E-state index >= 15 is 0 Å². The van der Waals surface area contributed by atoms with Gasteiger partial charge in [0, 0.05) is 27.5 Å². The molecule has 5 aromatic carbocycles. The maximum Gasteiger partial charge on any atom is 0.164 e. The van der Waals surface area contributed by atoms with Crippen LogP contribution in [0.5, 0.6) is 0 Å². The van der Waals surface area contributed by atoms with E-state index in [4.69, 9.17) is 19.4 Å². The topological polar surface area (TPSA) is 51.8 Å². The molecule has 0 aliphatic heterocycles. The molecule has 0 N–H and O–H groups in total. The molecular weight excluding hydrogens is 562 g/mol. The van der Waals surface area contributed by atoms with Gasteiger partial charge in [-0.3, -0.25) is 0 Å². The first-order valence-electron chi connectivity index (χ1n) is 16.2. The zero-order chi connectivity index (χ0) is 31.6. The molecule has 8 rings (SSSR count). The summed E-state index contributed by atoms with van der Waals surface area (Å²) in [7, 11) is 0. The first kappa shape index (κ1) is 28.4. The van der Waals surface area contributed by atoms with Gasteiger partial charge in [0.2, 0.25) is 0 Å². The summed E-state index contributed by atoms with van der Waals surface area (Å²) in [6.07, 6.45) is 2.32. The van der Waals surface area contributed by atoms with E-state index in [9.17, 15) is 0 Å². The molecule has 4 nitrogen and oxygen atoms in total. The molecule has 2 aromatic heterocycles. The van der Waals surface area contributed by atoms with Gasteiger partial charge in [-0.25, -0.2) is 15.0 Å². The summed E-state index contributed by atoms with van der Waals surface area (Å²) in [5.74, 6) is 1.97. The van der Waals surface area contributed by atoms with Crippen molar-refractivity contribution in [1.82, 2.24) is 15.0 Å². The largest absolute Gasteiger partial charge is 0.456 e. The number of hydrogen-bond acceptors (Lipinski definition) is 4. The van der Waals surface area contributed by atoms with Crippen LogP contribution >= 0.6 is 0 Å². The number of aromatic nitrogens is 3. The van der Waals surface area contributed by atoms with Gasteiger partial charge in [0.15, 0.2) is 17.5 Å². The second-order valence-electron chi connectivity index (χ2n) is 14.0. The minimum Gasteiger partial charge on any atom is -0.456 e. The predicted molar refractivity (Wildman–Crippen MR) is 189 cm³/mol. The number of benzene rings is 5. The highest BCUT2D eigenvalue weighted by molar-refractivity contribution is 6.05. The van der Waals surface area contributed by atoms with Gasteiger partial charge in [0.1, 0.15) is 11.2 Å². The summed E-state index contributed by atoms with van der Waals surface area (Å²) >= 11 is 0. The lowest BCUT2D eigenvalue weighted by Crippen LogP contribution is -2.34. The third kappa shape index (κ3) is 4.80. The summed E-state index contributed by atoms with van der Waals surface area (Å²) in [4.78, 5) is 15.5. The Hall–Kier alpha value is -5.09. The fourth-order valence-corrected chi connectivity index (χ4v) is 7.05. The zero-order valence-corrected chi connectivity index (χ0v) is 27.1. The van der Waals surface area contributed by atoms with Crippen LogP contribution in [0.15, 0.2) is 114 Å². The monoisotopic (exact) mass is 599 g/mol. The van der Waals surface area contributed by atoms with Crippen molar-refractivity contribution >= 4 is 21.9 Å². The van der Waals surface area contributed by atoms with Gasteiger partial charge in [0.05, 0.1) is 0 Å². The molecule has 7 aromatic rings. The molecule has 1 aliphatic carbocycles. The lowest BCUT2D eigenvalue weighted by Gasteiger charge is -2.42. The van der Waals surface area contributed by atoms with E-state index in [2.05, 4.69) is 120 Å². The standard InChI is InChI=1S/C42H37N3O/c1-26-22-34-35(42(4,5)21-20-41(34,2)3)25-33(26)40-44-38(29-15-11-14-28(23-29)27-12-7-6-8-13-27)43-39(45-40)30-18-19-32-31-16-9-10-17-36(31)46-37(32)24-30/h6-19,22-25H,20-21H2,1-5H3. The van der Waals surface area contributed by atoms with Crippen molar-refractivity contribution in [2.24, 2.45) is 0 Å². The van der Waals surface area contributed by atoms with Crippen molar-refractivity contribution in [3.05, 3.63) is 126 Å². The molecule has 4 heteroatoms. The van der Waals surface area contributed by atoms with E-state index in [-0.39, 0.29) is 10.8 Å². The first-order chi connectivity index (χ1) is 22.2. The molecular formula is C42H37N3O. The summed E-state index contributed by atoms with van der Waals surface area (Å²) in [5.41, 5.74) is 11.1. The van der Waals surface area contributed by atoms with Crippen molar-refractivity contribution in [2.75, 3.05) is 0 Å². The fraction of sp³-hybridized carbons (Fsp3) is 0.214. The van der Waals surface area contributed by atoms with Crippen molar-refractivity contribution in [2.45, 2.75) is 58.3 Å². The number of hydrogen-bond donors (Lipinski definition) is 0. The molecule has 0 atom stereocenters. The normalized spacial score (nSPS) is 15.2. The van der Waals surface area contributed by atoms with Crippen molar-refractivity contribution in [1.29, 1.82) is 0 Å². The summed E-state index contributed by atoms with van der Waals surface area (Å²) in [5, 5.41) is 2.19. The van der Waals surface area contributed by atoms with Crippen LogP contribution in [0.4, 0.5) is 0 Å². The number of para-hydroxylation sites is 1. The average Bonchev–Trinajstić information content (AvgIpc) is 3.45. The van der Waals surface area contributed by atoms with Gasteiger partial charge in [-0.1, -0.05) is 107 Å². The van der Waals surface area contributed by atoms with Gasteiger partial charge in [0.25, 0.3) is 0 Å². The van der Waals surface area contributed by atoms with Crippen molar-refractivity contribution in [3.8, 4) is 45.3 Å². The first-order valence-corrected chi connectivity index (χ1v) is 16.2. The number of furan rings is 1. The Morgan fingerprint density at radius 2 is 1.09 bits per heavy atom. The highest BCUT2D eigenvalue weighted by atomic mass is 16.3. The molecule has 46 heavy (non-hydrogen) atoms. The van der Waals surface area contributed by atoms with Gasteiger partial charge in [-0.2, -0.15) is 0 Å². The lowest BCUT2D eigenvalue weighted by atomic mass is 9.62. The maximum absolute atomic E-state index is 6.26. The van der Waals surface area contributed by atoms with E-state index in [1.165, 1.54) is 23.1 Å². The molecule has 1 aliphatic rings. The van der Waals surface area contributed by atoms with E-state index in [1.54, 1.807) is 0 Å². The molecule has 0 bridgehead atoms. The van der Waals surface area contributed by atoms with E-state index in [0.717, 1.165) is 56.2 Å². The van der Waals surface area contributed by atoms with Gasteiger partial charge >= 0.3 is 0 Å². The maximum atomic E-state index is 6.26. The lowest BCUT2D eigenvalue weighted by molar-refractivity contribution is 0.332. The van der Waals surface area contributed by atoms with E-state index in [0.29, 0.717) is 17.5 Å². The Morgan fingerprint density at radius 3 is 1.85 bits per heavy atom. The van der Waals surface area contributed by atoms with Crippen LogP contribution < -0.4 is 0 Å². The van der Waals surface area contributed by atoms with Gasteiger partial charge in [-0.15, -0.1) is 0 Å². The molecule has 0 unspecified atom stereocenters. The highest BCUT2D eigenvalue weighted by Gasteiger charge is 2.37. The van der Waals surface area contributed by atoms with Crippen molar-refractivity contribution < 1.29 is 4.42 Å². The van der Waals surface area contributed by atoms with Gasteiger partial charge < -0.3 is 4.42 Å². The third-order valence-corrected chi connectivity index (χ3v) is 9.94. The number of fused-ring (bicyclic) bond motifs is 4. The van der Waals surface area contributed by atoms with Crippen LogP contribution in [0.3, 0.4) is 0 Å². The summed E-state index contributed by atoms with van der Waals surface area (Å²) < 4.78 is 6.26. The van der Waals surface area contributed by atoms with E-state index in [1.807, 2.05) is 24.3 Å². The molecule has 0 radical (unpaired) electrons. The van der Waals surface area contributed by atoms with Gasteiger partial charge in [-0.05, 0) is 88.7 Å². The molecule has 226 valence electrons. The Morgan fingerprint density at radius 1 is 0.500 bits per heavy atom. The molecule has 2 heterocycles. The van der Waals surface area contributed by atoms with Crippen LogP contribution in [-0.2, 0) is 10.8 Å².